The van der Waals surface area contributed by atoms with Gasteiger partial charge in [-0.2, -0.15) is 5.26 Å². The number of rotatable bonds is 3. The van der Waals surface area contributed by atoms with E-state index in [1.165, 1.54) is 0 Å². The van der Waals surface area contributed by atoms with Gasteiger partial charge in [-0.05, 0) is 30.3 Å². The molecule has 0 fully saturated rings. The number of nitriles is 1. The molecule has 20 heavy (non-hydrogen) atoms. The van der Waals surface area contributed by atoms with Crippen LogP contribution in [0, 0.1) is 23.2 Å². The van der Waals surface area contributed by atoms with Crippen LogP contribution in [-0.4, -0.2) is 6.54 Å². The van der Waals surface area contributed by atoms with Crippen LogP contribution in [0.4, 0.5) is 0 Å². The Morgan fingerprint density at radius 1 is 1.05 bits per heavy atom. The standard InChI is InChI=1S/C17H14N2O/c18-11-3-6-15-4-1-2-5-16(15)13-20-17-9-7-14(12-19)8-10-17/h1-2,4-5,7-10H,11,13,18H2. The van der Waals surface area contributed by atoms with E-state index in [0.29, 0.717) is 18.7 Å². The molecule has 3 nitrogen and oxygen atoms in total. The fourth-order valence-corrected chi connectivity index (χ4v) is 1.70. The molecule has 0 radical (unpaired) electrons. The Labute approximate surface area is 118 Å². The van der Waals surface area contributed by atoms with Crippen molar-refractivity contribution in [3.05, 3.63) is 65.2 Å². The maximum atomic E-state index is 8.74. The van der Waals surface area contributed by atoms with Gasteiger partial charge < -0.3 is 10.5 Å². The van der Waals surface area contributed by atoms with Gasteiger partial charge in [0.05, 0.1) is 18.2 Å². The number of hydrogen-bond donors (Lipinski definition) is 1. The minimum absolute atomic E-state index is 0.338. The van der Waals surface area contributed by atoms with Crippen LogP contribution in [0.3, 0.4) is 0 Å². The molecule has 0 aromatic heterocycles. The van der Waals surface area contributed by atoms with Crippen LogP contribution in [-0.2, 0) is 6.61 Å². The summed E-state index contributed by atoms with van der Waals surface area (Å²) in [5, 5.41) is 8.74. The van der Waals surface area contributed by atoms with Crippen molar-refractivity contribution in [3.8, 4) is 23.7 Å². The maximum absolute atomic E-state index is 8.74. The Balaban J connectivity index is 2.08. The van der Waals surface area contributed by atoms with Gasteiger partial charge in [0.15, 0.2) is 0 Å². The van der Waals surface area contributed by atoms with E-state index in [-0.39, 0.29) is 0 Å². The molecule has 2 N–H and O–H groups in total. The second-order valence-electron chi connectivity index (χ2n) is 4.09. The highest BCUT2D eigenvalue weighted by molar-refractivity contribution is 5.41. The summed E-state index contributed by atoms with van der Waals surface area (Å²) in [7, 11) is 0. The molecule has 0 spiro atoms. The number of nitrogens with two attached hydrogens (primary N) is 1. The summed E-state index contributed by atoms with van der Waals surface area (Å²) in [5.41, 5.74) is 7.94. The van der Waals surface area contributed by atoms with Crippen LogP contribution in [0.15, 0.2) is 48.5 Å². The lowest BCUT2D eigenvalue weighted by molar-refractivity contribution is 0.306. The zero-order valence-electron chi connectivity index (χ0n) is 11.0. The molecule has 0 unspecified atom stereocenters. The fraction of sp³-hybridized carbons (Fsp3) is 0.118. The minimum Gasteiger partial charge on any atom is -0.489 e. The van der Waals surface area contributed by atoms with Gasteiger partial charge in [-0.3, -0.25) is 0 Å². The maximum Gasteiger partial charge on any atom is 0.119 e. The number of nitrogens with zero attached hydrogens (tertiary/aromatic N) is 1. The summed E-state index contributed by atoms with van der Waals surface area (Å²) in [5.74, 6) is 6.60. The van der Waals surface area contributed by atoms with E-state index in [9.17, 15) is 0 Å². The average Bonchev–Trinajstić information content (AvgIpc) is 2.52. The number of hydrogen-bond acceptors (Lipinski definition) is 3. The predicted molar refractivity (Wildman–Crippen MR) is 77.9 cm³/mol. The van der Waals surface area contributed by atoms with Gasteiger partial charge in [0.2, 0.25) is 0 Å². The third-order valence-corrected chi connectivity index (χ3v) is 2.72. The zero-order chi connectivity index (χ0) is 14.2. The first-order valence-electron chi connectivity index (χ1n) is 6.23. The van der Waals surface area contributed by atoms with Crippen molar-refractivity contribution in [1.82, 2.24) is 0 Å². The fourth-order valence-electron chi connectivity index (χ4n) is 1.70. The molecular formula is C17H14N2O. The van der Waals surface area contributed by atoms with Crippen LogP contribution in [0.1, 0.15) is 16.7 Å². The Bertz CT molecular complexity index is 673. The van der Waals surface area contributed by atoms with Crippen molar-refractivity contribution in [2.24, 2.45) is 5.73 Å². The molecule has 2 rings (SSSR count). The van der Waals surface area contributed by atoms with Gasteiger partial charge >= 0.3 is 0 Å². The van der Waals surface area contributed by atoms with E-state index in [2.05, 4.69) is 17.9 Å². The summed E-state index contributed by atoms with van der Waals surface area (Å²) < 4.78 is 5.70. The van der Waals surface area contributed by atoms with Crippen molar-refractivity contribution >= 4 is 0 Å². The van der Waals surface area contributed by atoms with E-state index >= 15 is 0 Å². The predicted octanol–water partition coefficient (Wildman–Crippen LogP) is 2.45. The highest BCUT2D eigenvalue weighted by Gasteiger charge is 2.01. The van der Waals surface area contributed by atoms with E-state index in [1.807, 2.05) is 24.3 Å². The largest absolute Gasteiger partial charge is 0.489 e. The van der Waals surface area contributed by atoms with E-state index in [0.717, 1.165) is 16.9 Å². The first kappa shape index (κ1) is 13.7. The SMILES string of the molecule is N#Cc1ccc(OCc2ccccc2C#CCN)cc1. The van der Waals surface area contributed by atoms with Crippen molar-refractivity contribution in [3.63, 3.8) is 0 Å². The first-order chi connectivity index (χ1) is 9.83. The van der Waals surface area contributed by atoms with Gasteiger partial charge in [0.1, 0.15) is 12.4 Å². The Hall–Kier alpha value is -2.75. The van der Waals surface area contributed by atoms with E-state index in [1.54, 1.807) is 24.3 Å². The van der Waals surface area contributed by atoms with Crippen LogP contribution in [0.2, 0.25) is 0 Å². The van der Waals surface area contributed by atoms with Crippen LogP contribution in [0.25, 0.3) is 0 Å². The molecule has 0 aliphatic heterocycles. The first-order valence-corrected chi connectivity index (χ1v) is 6.23. The molecule has 2 aromatic rings. The van der Waals surface area contributed by atoms with E-state index in [4.69, 9.17) is 15.7 Å². The topological polar surface area (TPSA) is 59.0 Å². The Morgan fingerprint density at radius 3 is 2.50 bits per heavy atom. The molecule has 0 amide bonds. The summed E-state index contributed by atoms with van der Waals surface area (Å²) in [6.07, 6.45) is 0. The van der Waals surface area contributed by atoms with Crippen LogP contribution < -0.4 is 10.5 Å². The lowest BCUT2D eigenvalue weighted by Gasteiger charge is -2.08. The minimum atomic E-state index is 0.338. The molecule has 0 saturated carbocycles. The quantitative estimate of drug-likeness (QED) is 0.864. The number of ether oxygens (including phenoxy) is 1. The molecule has 2 aromatic carbocycles. The lowest BCUT2D eigenvalue weighted by atomic mass is 10.1. The van der Waals surface area contributed by atoms with Crippen molar-refractivity contribution in [1.29, 1.82) is 5.26 Å². The van der Waals surface area contributed by atoms with Gasteiger partial charge in [-0.15, -0.1) is 0 Å². The highest BCUT2D eigenvalue weighted by atomic mass is 16.5. The summed E-state index contributed by atoms with van der Waals surface area (Å²) in [6.45, 7) is 0.770. The van der Waals surface area contributed by atoms with Crippen molar-refractivity contribution < 1.29 is 4.74 Å². The second kappa shape index (κ2) is 6.99. The lowest BCUT2D eigenvalue weighted by Crippen LogP contribution is -1.99. The number of benzene rings is 2. The average molecular weight is 262 g/mol. The highest BCUT2D eigenvalue weighted by Crippen LogP contribution is 2.15. The van der Waals surface area contributed by atoms with Crippen molar-refractivity contribution in [2.45, 2.75) is 6.61 Å². The summed E-state index contributed by atoms with van der Waals surface area (Å²) >= 11 is 0. The molecular weight excluding hydrogens is 248 g/mol. The third kappa shape index (κ3) is 3.62. The normalized spacial score (nSPS) is 9.20. The zero-order valence-corrected chi connectivity index (χ0v) is 11.0. The smallest absolute Gasteiger partial charge is 0.119 e. The Kier molecular flexibility index (Phi) is 4.78. The molecule has 0 bridgehead atoms. The van der Waals surface area contributed by atoms with Gasteiger partial charge in [-0.1, -0.05) is 30.0 Å². The molecule has 0 aliphatic rings. The van der Waals surface area contributed by atoms with E-state index < -0.39 is 0 Å². The van der Waals surface area contributed by atoms with Crippen LogP contribution in [0.5, 0.6) is 5.75 Å². The molecule has 0 aliphatic carbocycles. The van der Waals surface area contributed by atoms with Gasteiger partial charge in [0, 0.05) is 11.1 Å². The van der Waals surface area contributed by atoms with Crippen LogP contribution >= 0.6 is 0 Å². The summed E-state index contributed by atoms with van der Waals surface area (Å²) in [4.78, 5) is 0. The summed E-state index contributed by atoms with van der Waals surface area (Å²) in [6, 6.07) is 16.9. The Morgan fingerprint density at radius 2 is 1.80 bits per heavy atom. The molecule has 98 valence electrons. The van der Waals surface area contributed by atoms with Gasteiger partial charge in [-0.25, -0.2) is 0 Å². The molecule has 0 heterocycles. The molecule has 0 atom stereocenters. The molecule has 3 heteroatoms. The second-order valence-corrected chi connectivity index (χ2v) is 4.09. The molecule has 0 saturated heterocycles. The van der Waals surface area contributed by atoms with Gasteiger partial charge in [0.25, 0.3) is 0 Å². The van der Waals surface area contributed by atoms with Crippen molar-refractivity contribution in [2.75, 3.05) is 6.54 Å². The monoisotopic (exact) mass is 262 g/mol. The third-order valence-electron chi connectivity index (χ3n) is 2.72.